The van der Waals surface area contributed by atoms with E-state index >= 15 is 0 Å². The summed E-state index contributed by atoms with van der Waals surface area (Å²) in [5, 5.41) is 3.70. The maximum absolute atomic E-state index is 3.70. The average Bonchev–Trinajstić information content (AvgIpc) is 2.90. The van der Waals surface area contributed by atoms with Crippen LogP contribution in [0.4, 0.5) is 0 Å². The predicted molar refractivity (Wildman–Crippen MR) is 71.0 cm³/mol. The van der Waals surface area contributed by atoms with Gasteiger partial charge in [-0.1, -0.05) is 0 Å². The number of hydrogen-bond donors (Lipinski definition) is 1. The lowest BCUT2D eigenvalue weighted by Crippen LogP contribution is -2.52. The Bertz CT molecular complexity index is 236. The lowest BCUT2D eigenvalue weighted by atomic mass is 9.78. The lowest BCUT2D eigenvalue weighted by molar-refractivity contribution is 0.0574. The van der Waals surface area contributed by atoms with Gasteiger partial charge in [-0.25, -0.2) is 0 Å². The first kappa shape index (κ1) is 11.4. The van der Waals surface area contributed by atoms with Crippen molar-refractivity contribution in [3.05, 3.63) is 0 Å². The van der Waals surface area contributed by atoms with Gasteiger partial charge in [-0.05, 0) is 57.4 Å². The standard InChI is InChI=1S/C13H24N2S/c1-15(12-6-7-16-9-12)13-5-2-10(13)8-14-11-3-4-11/h10-14H,2-9H2,1H3. The number of thioether (sulfide) groups is 1. The Hall–Kier alpha value is 0.270. The molecule has 3 unspecified atom stereocenters. The normalized spacial score (nSPS) is 39.0. The van der Waals surface area contributed by atoms with Crippen molar-refractivity contribution in [2.45, 2.75) is 50.2 Å². The summed E-state index contributed by atoms with van der Waals surface area (Å²) in [5.41, 5.74) is 0. The van der Waals surface area contributed by atoms with Crippen LogP contribution in [-0.2, 0) is 0 Å². The van der Waals surface area contributed by atoms with Crippen LogP contribution in [0.25, 0.3) is 0 Å². The number of rotatable bonds is 5. The SMILES string of the molecule is CN(C1CCSC1)C1CCC1CNC1CC1. The summed E-state index contributed by atoms with van der Waals surface area (Å²) in [6.07, 6.45) is 7.16. The Balaban J connectivity index is 1.45. The Kier molecular flexibility index (Phi) is 3.46. The van der Waals surface area contributed by atoms with Crippen LogP contribution >= 0.6 is 11.8 Å². The Morgan fingerprint density at radius 3 is 2.62 bits per heavy atom. The summed E-state index contributed by atoms with van der Waals surface area (Å²) in [6.45, 7) is 1.28. The highest BCUT2D eigenvalue weighted by Gasteiger charge is 2.37. The molecule has 2 nitrogen and oxygen atoms in total. The van der Waals surface area contributed by atoms with Crippen molar-refractivity contribution in [2.75, 3.05) is 25.1 Å². The fourth-order valence-electron chi connectivity index (χ4n) is 3.05. The summed E-state index contributed by atoms with van der Waals surface area (Å²) >= 11 is 2.13. The van der Waals surface area contributed by atoms with Crippen LogP contribution in [0.3, 0.4) is 0 Å². The van der Waals surface area contributed by atoms with Crippen molar-refractivity contribution in [3.8, 4) is 0 Å². The van der Waals surface area contributed by atoms with Crippen LogP contribution in [0.1, 0.15) is 32.1 Å². The second-order valence-electron chi connectivity index (χ2n) is 5.77. The van der Waals surface area contributed by atoms with E-state index in [1.54, 1.807) is 0 Å². The van der Waals surface area contributed by atoms with E-state index in [0.29, 0.717) is 0 Å². The zero-order chi connectivity index (χ0) is 11.0. The first-order chi connectivity index (χ1) is 7.84. The van der Waals surface area contributed by atoms with Crippen molar-refractivity contribution in [1.82, 2.24) is 10.2 Å². The maximum atomic E-state index is 3.70. The molecule has 0 radical (unpaired) electrons. The molecule has 0 aromatic rings. The van der Waals surface area contributed by atoms with Crippen LogP contribution in [0.2, 0.25) is 0 Å². The largest absolute Gasteiger partial charge is 0.314 e. The molecule has 16 heavy (non-hydrogen) atoms. The molecule has 0 aromatic heterocycles. The van der Waals surface area contributed by atoms with E-state index in [4.69, 9.17) is 0 Å². The van der Waals surface area contributed by atoms with Gasteiger partial charge in [-0.15, -0.1) is 0 Å². The minimum atomic E-state index is 0.874. The summed E-state index contributed by atoms with van der Waals surface area (Å²) in [6, 6.07) is 2.64. The number of nitrogens with zero attached hydrogens (tertiary/aromatic N) is 1. The van der Waals surface area contributed by atoms with Gasteiger partial charge in [0.1, 0.15) is 0 Å². The Morgan fingerprint density at radius 2 is 2.06 bits per heavy atom. The van der Waals surface area contributed by atoms with Crippen LogP contribution in [0, 0.1) is 5.92 Å². The Labute approximate surface area is 104 Å². The molecule has 0 aromatic carbocycles. The highest BCUT2D eigenvalue weighted by Crippen LogP contribution is 2.35. The minimum absolute atomic E-state index is 0.874. The first-order valence-electron chi connectivity index (χ1n) is 6.87. The molecule has 3 aliphatic rings. The molecule has 1 aliphatic heterocycles. The highest BCUT2D eigenvalue weighted by atomic mass is 32.2. The third-order valence-electron chi connectivity index (χ3n) is 4.63. The smallest absolute Gasteiger partial charge is 0.0194 e. The van der Waals surface area contributed by atoms with Crippen molar-refractivity contribution < 1.29 is 0 Å². The van der Waals surface area contributed by atoms with Crippen LogP contribution in [0.5, 0.6) is 0 Å². The van der Waals surface area contributed by atoms with Gasteiger partial charge < -0.3 is 5.32 Å². The molecular formula is C13H24N2S. The van der Waals surface area contributed by atoms with E-state index in [-0.39, 0.29) is 0 Å². The minimum Gasteiger partial charge on any atom is -0.314 e. The van der Waals surface area contributed by atoms with Gasteiger partial charge in [0.15, 0.2) is 0 Å². The topological polar surface area (TPSA) is 15.3 Å². The summed E-state index contributed by atoms with van der Waals surface area (Å²) in [7, 11) is 2.37. The molecule has 0 bridgehead atoms. The molecule has 1 N–H and O–H groups in total. The quantitative estimate of drug-likeness (QED) is 0.791. The van der Waals surface area contributed by atoms with Crippen LogP contribution in [0.15, 0.2) is 0 Å². The van der Waals surface area contributed by atoms with Crippen LogP contribution in [-0.4, -0.2) is 48.1 Å². The maximum Gasteiger partial charge on any atom is 0.0194 e. The van der Waals surface area contributed by atoms with Gasteiger partial charge >= 0.3 is 0 Å². The van der Waals surface area contributed by atoms with Crippen molar-refractivity contribution >= 4 is 11.8 Å². The van der Waals surface area contributed by atoms with Gasteiger partial charge in [0, 0.05) is 23.9 Å². The third-order valence-corrected chi connectivity index (χ3v) is 5.77. The van der Waals surface area contributed by atoms with Gasteiger partial charge in [0.25, 0.3) is 0 Å². The van der Waals surface area contributed by atoms with Crippen molar-refractivity contribution in [1.29, 1.82) is 0 Å². The van der Waals surface area contributed by atoms with Crippen molar-refractivity contribution in [3.63, 3.8) is 0 Å². The average molecular weight is 240 g/mol. The van der Waals surface area contributed by atoms with E-state index in [1.165, 1.54) is 50.2 Å². The van der Waals surface area contributed by atoms with Crippen LogP contribution < -0.4 is 5.32 Å². The summed E-state index contributed by atoms with van der Waals surface area (Å²) < 4.78 is 0. The molecule has 2 aliphatic carbocycles. The van der Waals surface area contributed by atoms with E-state index < -0.39 is 0 Å². The zero-order valence-corrected chi connectivity index (χ0v) is 11.1. The van der Waals surface area contributed by atoms with E-state index in [2.05, 4.69) is 29.0 Å². The van der Waals surface area contributed by atoms with E-state index in [9.17, 15) is 0 Å². The second-order valence-corrected chi connectivity index (χ2v) is 6.92. The molecule has 1 saturated heterocycles. The third kappa shape index (κ3) is 2.41. The molecule has 0 spiro atoms. The molecule has 3 rings (SSSR count). The van der Waals surface area contributed by atoms with E-state index in [0.717, 1.165) is 24.0 Å². The first-order valence-corrected chi connectivity index (χ1v) is 8.03. The number of hydrogen-bond acceptors (Lipinski definition) is 3. The molecule has 1 heterocycles. The molecule has 3 fully saturated rings. The second kappa shape index (κ2) is 4.87. The fraction of sp³-hybridized carbons (Fsp3) is 1.00. The van der Waals surface area contributed by atoms with Gasteiger partial charge in [0.05, 0.1) is 0 Å². The van der Waals surface area contributed by atoms with Gasteiger partial charge in [-0.3, -0.25) is 4.90 Å². The molecule has 2 saturated carbocycles. The molecule has 3 atom stereocenters. The zero-order valence-electron chi connectivity index (χ0n) is 10.3. The van der Waals surface area contributed by atoms with Crippen molar-refractivity contribution in [2.24, 2.45) is 5.92 Å². The Morgan fingerprint density at radius 1 is 1.19 bits per heavy atom. The van der Waals surface area contributed by atoms with Gasteiger partial charge in [-0.2, -0.15) is 11.8 Å². The van der Waals surface area contributed by atoms with Gasteiger partial charge in [0.2, 0.25) is 0 Å². The summed E-state index contributed by atoms with van der Waals surface area (Å²) in [5.74, 6) is 3.69. The highest BCUT2D eigenvalue weighted by molar-refractivity contribution is 7.99. The number of nitrogens with one attached hydrogen (secondary N) is 1. The lowest BCUT2D eigenvalue weighted by Gasteiger charge is -2.45. The molecule has 0 amide bonds. The predicted octanol–water partition coefficient (Wildman–Crippen LogP) is 1.95. The molecular weight excluding hydrogens is 216 g/mol. The molecule has 3 heteroatoms. The fourth-order valence-corrected chi connectivity index (χ4v) is 4.32. The molecule has 92 valence electrons. The monoisotopic (exact) mass is 240 g/mol. The summed E-state index contributed by atoms with van der Waals surface area (Å²) in [4.78, 5) is 2.70. The van der Waals surface area contributed by atoms with E-state index in [1.807, 2.05) is 0 Å².